The molecule has 3 aromatic rings. The number of nitrogens with zero attached hydrogens (tertiary/aromatic N) is 4. The monoisotopic (exact) mass is 380 g/mol. The van der Waals surface area contributed by atoms with Crippen molar-refractivity contribution in [3.05, 3.63) is 47.2 Å². The van der Waals surface area contributed by atoms with Gasteiger partial charge in [0.15, 0.2) is 5.76 Å². The van der Waals surface area contributed by atoms with Crippen LogP contribution in [0.25, 0.3) is 11.1 Å². The lowest BCUT2D eigenvalue weighted by Gasteiger charge is -2.28. The van der Waals surface area contributed by atoms with Crippen molar-refractivity contribution in [3.8, 4) is 0 Å². The van der Waals surface area contributed by atoms with Gasteiger partial charge in [-0.1, -0.05) is 29.8 Å². The van der Waals surface area contributed by atoms with Gasteiger partial charge in [-0.05, 0) is 12.5 Å². The number of amides is 1. The lowest BCUT2D eigenvalue weighted by atomic mass is 10.2. The Bertz CT molecular complexity index is 1040. The summed E-state index contributed by atoms with van der Waals surface area (Å²) in [5.41, 5.74) is 10.6. The zero-order chi connectivity index (χ0) is 19.5. The predicted octanol–water partition coefficient (Wildman–Crippen LogP) is 1.91. The predicted molar refractivity (Wildman–Crippen MR) is 106 cm³/mol. The van der Waals surface area contributed by atoms with E-state index in [-0.39, 0.29) is 17.4 Å². The summed E-state index contributed by atoms with van der Waals surface area (Å²) in [4.78, 5) is 22.4. The SMILES string of the molecule is Cc1cccc(/C=N/Nc2nc(N3CCOCC3)c3cc(C(N)=O)oc3n2)c1. The van der Waals surface area contributed by atoms with Gasteiger partial charge in [0.1, 0.15) is 5.82 Å². The molecule has 0 aliphatic carbocycles. The van der Waals surface area contributed by atoms with Gasteiger partial charge in [-0.25, -0.2) is 5.43 Å². The number of furan rings is 1. The summed E-state index contributed by atoms with van der Waals surface area (Å²) >= 11 is 0. The highest BCUT2D eigenvalue weighted by Gasteiger charge is 2.21. The Kier molecular flexibility index (Phi) is 4.90. The number of nitrogens with two attached hydrogens (primary N) is 1. The molecule has 3 N–H and O–H groups in total. The van der Waals surface area contributed by atoms with E-state index >= 15 is 0 Å². The Labute approximate surface area is 161 Å². The maximum Gasteiger partial charge on any atom is 0.284 e. The molecule has 0 spiro atoms. The number of morpholine rings is 1. The topological polar surface area (TPSA) is 119 Å². The molecule has 0 unspecified atom stereocenters. The van der Waals surface area contributed by atoms with E-state index < -0.39 is 5.91 Å². The third-order valence-corrected chi connectivity index (χ3v) is 4.35. The van der Waals surface area contributed by atoms with Crippen LogP contribution in [0.3, 0.4) is 0 Å². The normalized spacial score (nSPS) is 14.7. The molecule has 1 aliphatic rings. The van der Waals surface area contributed by atoms with Gasteiger partial charge < -0.3 is 19.8 Å². The van der Waals surface area contributed by atoms with Crippen LogP contribution in [0, 0.1) is 6.92 Å². The van der Waals surface area contributed by atoms with Gasteiger partial charge >= 0.3 is 0 Å². The average Bonchev–Trinajstić information content (AvgIpc) is 3.13. The van der Waals surface area contributed by atoms with Gasteiger partial charge in [0.2, 0.25) is 11.7 Å². The van der Waals surface area contributed by atoms with Crippen molar-refractivity contribution in [2.24, 2.45) is 10.8 Å². The number of fused-ring (bicyclic) bond motifs is 1. The Morgan fingerprint density at radius 3 is 2.86 bits per heavy atom. The molecule has 1 aliphatic heterocycles. The molecule has 1 fully saturated rings. The van der Waals surface area contributed by atoms with Gasteiger partial charge in [-0.2, -0.15) is 15.1 Å². The molecule has 4 rings (SSSR count). The highest BCUT2D eigenvalue weighted by atomic mass is 16.5. The largest absolute Gasteiger partial charge is 0.432 e. The number of hydrogen-bond donors (Lipinski definition) is 2. The fraction of sp³-hybridized carbons (Fsp3) is 0.263. The minimum atomic E-state index is -0.655. The van der Waals surface area contributed by atoms with Crippen LogP contribution in [0.15, 0.2) is 39.9 Å². The third kappa shape index (κ3) is 3.79. The van der Waals surface area contributed by atoms with E-state index in [1.807, 2.05) is 31.2 Å². The third-order valence-electron chi connectivity index (χ3n) is 4.35. The second-order valence-corrected chi connectivity index (χ2v) is 6.45. The molecule has 0 radical (unpaired) electrons. The number of hydrazone groups is 1. The lowest BCUT2D eigenvalue weighted by Crippen LogP contribution is -2.37. The summed E-state index contributed by atoms with van der Waals surface area (Å²) in [6, 6.07) is 9.52. The van der Waals surface area contributed by atoms with Crippen molar-refractivity contribution < 1.29 is 13.9 Å². The van der Waals surface area contributed by atoms with E-state index in [4.69, 9.17) is 14.9 Å². The Hall–Kier alpha value is -3.46. The van der Waals surface area contributed by atoms with Crippen LogP contribution in [0.4, 0.5) is 11.8 Å². The lowest BCUT2D eigenvalue weighted by molar-refractivity contribution is 0.0975. The fourth-order valence-corrected chi connectivity index (χ4v) is 3.01. The van der Waals surface area contributed by atoms with Crippen LogP contribution in [0.1, 0.15) is 21.7 Å². The van der Waals surface area contributed by atoms with Gasteiger partial charge in [0.05, 0.1) is 24.8 Å². The van der Waals surface area contributed by atoms with Gasteiger partial charge in [-0.15, -0.1) is 0 Å². The fourth-order valence-electron chi connectivity index (χ4n) is 3.01. The molecule has 1 amide bonds. The van der Waals surface area contributed by atoms with E-state index in [2.05, 4.69) is 25.4 Å². The molecular formula is C19H20N6O3. The second-order valence-electron chi connectivity index (χ2n) is 6.45. The first-order chi connectivity index (χ1) is 13.6. The number of carbonyl (C=O) groups excluding carboxylic acids is 1. The van der Waals surface area contributed by atoms with Crippen LogP contribution in [-0.2, 0) is 4.74 Å². The van der Waals surface area contributed by atoms with Crippen molar-refractivity contribution in [1.82, 2.24) is 9.97 Å². The van der Waals surface area contributed by atoms with Crippen LogP contribution in [0.5, 0.6) is 0 Å². The van der Waals surface area contributed by atoms with Crippen molar-refractivity contribution in [2.45, 2.75) is 6.92 Å². The number of aryl methyl sites for hydroxylation is 1. The first kappa shape index (κ1) is 17.9. The molecule has 28 heavy (non-hydrogen) atoms. The number of benzene rings is 1. The second kappa shape index (κ2) is 7.65. The van der Waals surface area contributed by atoms with Crippen LogP contribution in [0.2, 0.25) is 0 Å². The number of primary amides is 1. The highest BCUT2D eigenvalue weighted by Crippen LogP contribution is 2.29. The first-order valence-corrected chi connectivity index (χ1v) is 8.90. The summed E-state index contributed by atoms with van der Waals surface area (Å²) in [6.45, 7) is 4.56. The Morgan fingerprint density at radius 1 is 1.29 bits per heavy atom. The molecule has 0 bridgehead atoms. The van der Waals surface area contributed by atoms with E-state index in [0.717, 1.165) is 11.1 Å². The number of aromatic nitrogens is 2. The van der Waals surface area contributed by atoms with E-state index in [9.17, 15) is 4.79 Å². The molecule has 1 aromatic carbocycles. The van der Waals surface area contributed by atoms with Crippen LogP contribution < -0.4 is 16.1 Å². The van der Waals surface area contributed by atoms with Gasteiger partial charge in [0, 0.05) is 19.2 Å². The average molecular weight is 380 g/mol. The number of hydrogen-bond acceptors (Lipinski definition) is 8. The minimum absolute atomic E-state index is 0.0409. The molecule has 1 saturated heterocycles. The Morgan fingerprint density at radius 2 is 2.11 bits per heavy atom. The van der Waals surface area contributed by atoms with Crippen molar-refractivity contribution in [1.29, 1.82) is 0 Å². The van der Waals surface area contributed by atoms with Crippen molar-refractivity contribution in [3.63, 3.8) is 0 Å². The molecule has 0 saturated carbocycles. The van der Waals surface area contributed by atoms with E-state index in [0.29, 0.717) is 37.5 Å². The van der Waals surface area contributed by atoms with Gasteiger partial charge in [-0.3, -0.25) is 4.79 Å². The molecule has 144 valence electrons. The molecular weight excluding hydrogens is 360 g/mol. The quantitative estimate of drug-likeness (QED) is 0.512. The summed E-state index contributed by atoms with van der Waals surface area (Å²) in [7, 11) is 0. The summed E-state index contributed by atoms with van der Waals surface area (Å²) in [5, 5.41) is 4.84. The zero-order valence-electron chi connectivity index (χ0n) is 15.4. The standard InChI is InChI=1S/C19H20N6O3/c1-12-3-2-4-13(9-12)11-21-24-19-22-17(25-5-7-27-8-6-25)14-10-15(16(20)26)28-18(14)23-19/h2-4,9-11H,5-8H2,1H3,(H2,20,26)(H,22,23,24)/b21-11+. The summed E-state index contributed by atoms with van der Waals surface area (Å²) < 4.78 is 10.9. The maximum atomic E-state index is 11.5. The minimum Gasteiger partial charge on any atom is -0.432 e. The number of ether oxygens (including phenoxy) is 1. The molecule has 9 heteroatoms. The van der Waals surface area contributed by atoms with Crippen molar-refractivity contribution in [2.75, 3.05) is 36.6 Å². The Balaban J connectivity index is 1.66. The number of anilines is 2. The summed E-state index contributed by atoms with van der Waals surface area (Å²) in [6.07, 6.45) is 1.69. The summed E-state index contributed by atoms with van der Waals surface area (Å²) in [5.74, 6) is 0.304. The van der Waals surface area contributed by atoms with Gasteiger partial charge in [0.25, 0.3) is 5.91 Å². The molecule has 9 nitrogen and oxygen atoms in total. The number of carbonyl (C=O) groups is 1. The van der Waals surface area contributed by atoms with E-state index in [1.165, 1.54) is 0 Å². The number of rotatable bonds is 5. The smallest absolute Gasteiger partial charge is 0.284 e. The zero-order valence-corrected chi connectivity index (χ0v) is 15.4. The van der Waals surface area contributed by atoms with Crippen LogP contribution >= 0.6 is 0 Å². The van der Waals surface area contributed by atoms with Crippen molar-refractivity contribution >= 4 is 35.0 Å². The highest BCUT2D eigenvalue weighted by molar-refractivity contribution is 5.97. The van der Waals surface area contributed by atoms with Crippen LogP contribution in [-0.4, -0.2) is 48.4 Å². The molecule has 0 atom stereocenters. The maximum absolute atomic E-state index is 11.5. The van der Waals surface area contributed by atoms with E-state index in [1.54, 1.807) is 12.3 Å². The molecule has 2 aromatic heterocycles. The molecule has 3 heterocycles. The first-order valence-electron chi connectivity index (χ1n) is 8.90. The number of nitrogens with one attached hydrogen (secondary N) is 1.